The average molecular weight is 236 g/mol. The molecule has 0 atom stereocenters. The summed E-state index contributed by atoms with van der Waals surface area (Å²) in [5, 5.41) is 0. The van der Waals surface area contributed by atoms with Crippen molar-refractivity contribution in [3.05, 3.63) is 29.8 Å². The summed E-state index contributed by atoms with van der Waals surface area (Å²) in [6, 6.07) is 8.15. The van der Waals surface area contributed by atoms with Crippen molar-refractivity contribution < 1.29 is 9.47 Å². The average Bonchev–Trinajstić information content (AvgIpc) is 2.20. The van der Waals surface area contributed by atoms with Gasteiger partial charge in [-0.1, -0.05) is 17.7 Å². The number of ether oxygens (including phenoxy) is 2. The third-order valence-electron chi connectivity index (χ3n) is 2.82. The summed E-state index contributed by atoms with van der Waals surface area (Å²) in [5.74, 6) is 0.910. The molecular formula is C15H24O2. The highest BCUT2D eigenvalue weighted by Gasteiger charge is 2.30. The molecule has 1 aromatic rings. The van der Waals surface area contributed by atoms with Gasteiger partial charge in [0, 0.05) is 13.5 Å². The standard InChI is InChI=1S/C15H24O2/c1-12-7-9-13(10-8-12)17-15(4,5)11-14(2,3)16-6/h7-10H,11H2,1-6H3. The number of aryl methyl sites for hydroxylation is 1. The van der Waals surface area contributed by atoms with Crippen molar-refractivity contribution >= 4 is 0 Å². The highest BCUT2D eigenvalue weighted by Crippen LogP contribution is 2.28. The number of benzene rings is 1. The zero-order chi connectivity index (χ0) is 13.1. The molecule has 0 radical (unpaired) electrons. The lowest BCUT2D eigenvalue weighted by atomic mass is 9.92. The maximum absolute atomic E-state index is 6.01. The molecule has 0 aromatic heterocycles. The van der Waals surface area contributed by atoms with Crippen LogP contribution in [0.15, 0.2) is 24.3 Å². The normalized spacial score (nSPS) is 12.6. The molecule has 0 aliphatic rings. The van der Waals surface area contributed by atoms with E-state index < -0.39 is 0 Å². The molecule has 0 fully saturated rings. The SMILES string of the molecule is COC(C)(C)CC(C)(C)Oc1ccc(C)cc1. The molecule has 0 aliphatic carbocycles. The Hall–Kier alpha value is -1.02. The minimum absolute atomic E-state index is 0.172. The Morgan fingerprint density at radius 1 is 0.941 bits per heavy atom. The van der Waals surface area contributed by atoms with E-state index in [2.05, 4.69) is 46.8 Å². The van der Waals surface area contributed by atoms with Crippen molar-refractivity contribution in [3.8, 4) is 5.75 Å². The first-order chi connectivity index (χ1) is 7.74. The number of rotatable bonds is 5. The molecule has 0 saturated heterocycles. The molecular weight excluding hydrogens is 212 g/mol. The second kappa shape index (κ2) is 5.09. The van der Waals surface area contributed by atoms with Crippen LogP contribution in [0, 0.1) is 6.92 Å². The lowest BCUT2D eigenvalue weighted by Gasteiger charge is -2.34. The molecule has 0 heterocycles. The van der Waals surface area contributed by atoms with E-state index in [0.29, 0.717) is 0 Å². The van der Waals surface area contributed by atoms with E-state index >= 15 is 0 Å². The van der Waals surface area contributed by atoms with Crippen LogP contribution in [0.2, 0.25) is 0 Å². The molecule has 17 heavy (non-hydrogen) atoms. The zero-order valence-corrected chi connectivity index (χ0v) is 11.8. The van der Waals surface area contributed by atoms with Crippen molar-refractivity contribution in [3.63, 3.8) is 0 Å². The molecule has 0 unspecified atom stereocenters. The second-order valence-corrected chi connectivity index (χ2v) is 5.82. The highest BCUT2D eigenvalue weighted by atomic mass is 16.5. The monoisotopic (exact) mass is 236 g/mol. The van der Waals surface area contributed by atoms with Gasteiger partial charge in [0.25, 0.3) is 0 Å². The van der Waals surface area contributed by atoms with Crippen LogP contribution in [0.3, 0.4) is 0 Å². The van der Waals surface area contributed by atoms with E-state index in [4.69, 9.17) is 9.47 Å². The number of hydrogen-bond acceptors (Lipinski definition) is 2. The van der Waals surface area contributed by atoms with Gasteiger partial charge in [0.2, 0.25) is 0 Å². The third kappa shape index (κ3) is 4.78. The van der Waals surface area contributed by atoms with Crippen LogP contribution in [0.1, 0.15) is 39.7 Å². The van der Waals surface area contributed by atoms with Crippen molar-refractivity contribution in [2.75, 3.05) is 7.11 Å². The molecule has 1 rings (SSSR count). The minimum Gasteiger partial charge on any atom is -0.488 e. The fraction of sp³-hybridized carbons (Fsp3) is 0.600. The van der Waals surface area contributed by atoms with Crippen LogP contribution >= 0.6 is 0 Å². The Morgan fingerprint density at radius 3 is 1.94 bits per heavy atom. The van der Waals surface area contributed by atoms with E-state index in [0.717, 1.165) is 12.2 Å². The fourth-order valence-corrected chi connectivity index (χ4v) is 2.06. The summed E-state index contributed by atoms with van der Waals surface area (Å²) >= 11 is 0. The van der Waals surface area contributed by atoms with Gasteiger partial charge in [-0.25, -0.2) is 0 Å². The van der Waals surface area contributed by atoms with E-state index in [9.17, 15) is 0 Å². The Labute approximate surface area is 105 Å². The van der Waals surface area contributed by atoms with E-state index in [1.165, 1.54) is 5.56 Å². The summed E-state index contributed by atoms with van der Waals surface area (Å²) < 4.78 is 11.5. The van der Waals surface area contributed by atoms with Gasteiger partial charge in [-0.15, -0.1) is 0 Å². The van der Waals surface area contributed by atoms with Crippen LogP contribution in [-0.2, 0) is 4.74 Å². The molecule has 96 valence electrons. The summed E-state index contributed by atoms with van der Waals surface area (Å²) in [4.78, 5) is 0. The maximum atomic E-state index is 6.01. The number of methoxy groups -OCH3 is 1. The van der Waals surface area contributed by atoms with Crippen LogP contribution in [-0.4, -0.2) is 18.3 Å². The predicted molar refractivity (Wildman–Crippen MR) is 71.6 cm³/mol. The first-order valence-corrected chi connectivity index (χ1v) is 6.05. The number of hydrogen-bond donors (Lipinski definition) is 0. The lowest BCUT2D eigenvalue weighted by Crippen LogP contribution is -2.38. The molecule has 0 spiro atoms. The summed E-state index contributed by atoms with van der Waals surface area (Å²) in [7, 11) is 1.74. The van der Waals surface area contributed by atoms with E-state index in [1.54, 1.807) is 7.11 Å². The van der Waals surface area contributed by atoms with Gasteiger partial charge in [-0.05, 0) is 46.8 Å². The summed E-state index contributed by atoms with van der Waals surface area (Å²) in [5.41, 5.74) is 0.829. The zero-order valence-electron chi connectivity index (χ0n) is 11.8. The van der Waals surface area contributed by atoms with Gasteiger partial charge in [-0.2, -0.15) is 0 Å². The Morgan fingerprint density at radius 2 is 1.47 bits per heavy atom. The van der Waals surface area contributed by atoms with Gasteiger partial charge in [0.05, 0.1) is 5.60 Å². The second-order valence-electron chi connectivity index (χ2n) is 5.82. The first kappa shape index (κ1) is 14.0. The first-order valence-electron chi connectivity index (χ1n) is 6.05. The Balaban J connectivity index is 2.69. The predicted octanol–water partition coefficient (Wildman–Crippen LogP) is 3.97. The van der Waals surface area contributed by atoms with Crippen molar-refractivity contribution in [1.29, 1.82) is 0 Å². The molecule has 0 aliphatic heterocycles. The van der Waals surface area contributed by atoms with Crippen molar-refractivity contribution in [1.82, 2.24) is 0 Å². The quantitative estimate of drug-likeness (QED) is 0.770. The Bertz CT molecular complexity index is 350. The van der Waals surface area contributed by atoms with Gasteiger partial charge in [0.15, 0.2) is 0 Å². The van der Waals surface area contributed by atoms with Crippen molar-refractivity contribution in [2.45, 2.75) is 52.2 Å². The van der Waals surface area contributed by atoms with Crippen LogP contribution in [0.4, 0.5) is 0 Å². The molecule has 1 aromatic carbocycles. The van der Waals surface area contributed by atoms with Gasteiger partial charge in [-0.3, -0.25) is 0 Å². The highest BCUT2D eigenvalue weighted by molar-refractivity contribution is 5.26. The maximum Gasteiger partial charge on any atom is 0.120 e. The van der Waals surface area contributed by atoms with Gasteiger partial charge < -0.3 is 9.47 Å². The molecule has 0 amide bonds. The van der Waals surface area contributed by atoms with Crippen LogP contribution in [0.25, 0.3) is 0 Å². The van der Waals surface area contributed by atoms with Crippen LogP contribution in [0.5, 0.6) is 5.75 Å². The third-order valence-corrected chi connectivity index (χ3v) is 2.82. The van der Waals surface area contributed by atoms with Crippen molar-refractivity contribution in [2.24, 2.45) is 0 Å². The van der Waals surface area contributed by atoms with Crippen LogP contribution < -0.4 is 4.74 Å². The summed E-state index contributed by atoms with van der Waals surface area (Å²) in [6.45, 7) is 10.4. The molecule has 0 N–H and O–H groups in total. The molecule has 2 nitrogen and oxygen atoms in total. The van der Waals surface area contributed by atoms with E-state index in [-0.39, 0.29) is 11.2 Å². The molecule has 0 saturated carbocycles. The smallest absolute Gasteiger partial charge is 0.120 e. The van der Waals surface area contributed by atoms with Gasteiger partial charge in [0.1, 0.15) is 11.4 Å². The van der Waals surface area contributed by atoms with Gasteiger partial charge >= 0.3 is 0 Å². The minimum atomic E-state index is -0.241. The topological polar surface area (TPSA) is 18.5 Å². The molecule has 0 bridgehead atoms. The largest absolute Gasteiger partial charge is 0.488 e. The van der Waals surface area contributed by atoms with E-state index in [1.807, 2.05) is 12.1 Å². The molecule has 2 heteroatoms. The lowest BCUT2D eigenvalue weighted by molar-refractivity contribution is -0.0402. The fourth-order valence-electron chi connectivity index (χ4n) is 2.06. The Kier molecular flexibility index (Phi) is 4.21. The summed E-state index contributed by atoms with van der Waals surface area (Å²) in [6.07, 6.45) is 0.838.